The molecule has 0 unspecified atom stereocenters. The molecule has 0 radical (unpaired) electrons. The zero-order valence-corrected chi connectivity index (χ0v) is 14.7. The summed E-state index contributed by atoms with van der Waals surface area (Å²) in [7, 11) is 1.71. The van der Waals surface area contributed by atoms with Crippen LogP contribution in [0.3, 0.4) is 0 Å². The molecule has 21 heavy (non-hydrogen) atoms. The molecule has 0 spiro atoms. The standard InChI is InChI=1S/C16H20BrNO2S/c1-12-4-3-5-13(9-18-6-7-19-2)16(12)20-10-15-8-14(17)11-21-15/h3-5,8,11,18H,6-7,9-10H2,1-2H3. The number of thiophene rings is 1. The Balaban J connectivity index is 1.99. The topological polar surface area (TPSA) is 30.5 Å². The van der Waals surface area contributed by atoms with Crippen molar-refractivity contribution in [1.82, 2.24) is 5.32 Å². The summed E-state index contributed by atoms with van der Waals surface area (Å²) in [5, 5.41) is 5.44. The third kappa shape index (κ3) is 5.11. The first-order valence-electron chi connectivity index (χ1n) is 6.84. The second-order valence-electron chi connectivity index (χ2n) is 4.75. The minimum Gasteiger partial charge on any atom is -0.487 e. The fourth-order valence-electron chi connectivity index (χ4n) is 2.03. The molecule has 5 heteroatoms. The van der Waals surface area contributed by atoms with E-state index < -0.39 is 0 Å². The highest BCUT2D eigenvalue weighted by Gasteiger charge is 2.08. The Morgan fingerprint density at radius 2 is 2.19 bits per heavy atom. The van der Waals surface area contributed by atoms with Gasteiger partial charge in [-0.3, -0.25) is 0 Å². The molecular formula is C16H20BrNO2S. The van der Waals surface area contributed by atoms with Crippen LogP contribution in [0.2, 0.25) is 0 Å². The van der Waals surface area contributed by atoms with E-state index in [-0.39, 0.29) is 0 Å². The first-order valence-corrected chi connectivity index (χ1v) is 8.52. The van der Waals surface area contributed by atoms with Gasteiger partial charge >= 0.3 is 0 Å². The maximum atomic E-state index is 6.04. The molecule has 0 aliphatic heterocycles. The number of aryl methyl sites for hydroxylation is 1. The minimum absolute atomic E-state index is 0.603. The van der Waals surface area contributed by atoms with Crippen molar-refractivity contribution < 1.29 is 9.47 Å². The minimum atomic E-state index is 0.603. The lowest BCUT2D eigenvalue weighted by Gasteiger charge is -2.14. The maximum Gasteiger partial charge on any atom is 0.127 e. The number of halogens is 1. The molecule has 0 fully saturated rings. The molecule has 1 heterocycles. The van der Waals surface area contributed by atoms with Crippen molar-refractivity contribution >= 4 is 27.3 Å². The average Bonchev–Trinajstić information content (AvgIpc) is 2.88. The van der Waals surface area contributed by atoms with Gasteiger partial charge in [0.2, 0.25) is 0 Å². The summed E-state index contributed by atoms with van der Waals surface area (Å²) in [6.07, 6.45) is 0. The number of hydrogen-bond acceptors (Lipinski definition) is 4. The molecule has 0 amide bonds. The molecule has 0 atom stereocenters. The zero-order valence-electron chi connectivity index (χ0n) is 12.3. The van der Waals surface area contributed by atoms with Crippen LogP contribution in [0.4, 0.5) is 0 Å². The van der Waals surface area contributed by atoms with Crippen molar-refractivity contribution in [2.45, 2.75) is 20.1 Å². The number of benzene rings is 1. The van der Waals surface area contributed by atoms with E-state index in [1.54, 1.807) is 18.4 Å². The van der Waals surface area contributed by atoms with Gasteiger partial charge in [-0.15, -0.1) is 11.3 Å². The van der Waals surface area contributed by atoms with Crippen molar-refractivity contribution in [1.29, 1.82) is 0 Å². The lowest BCUT2D eigenvalue weighted by atomic mass is 10.1. The highest BCUT2D eigenvalue weighted by molar-refractivity contribution is 9.10. The average molecular weight is 370 g/mol. The lowest BCUT2D eigenvalue weighted by molar-refractivity contribution is 0.199. The number of hydrogen-bond donors (Lipinski definition) is 1. The number of nitrogens with one attached hydrogen (secondary N) is 1. The Morgan fingerprint density at radius 1 is 1.33 bits per heavy atom. The van der Waals surface area contributed by atoms with Crippen LogP contribution in [-0.2, 0) is 17.9 Å². The zero-order chi connectivity index (χ0) is 15.1. The first-order chi connectivity index (χ1) is 10.2. The van der Waals surface area contributed by atoms with Crippen molar-refractivity contribution in [2.75, 3.05) is 20.3 Å². The molecule has 0 aliphatic carbocycles. The Bertz CT molecular complexity index is 571. The van der Waals surface area contributed by atoms with E-state index in [4.69, 9.17) is 9.47 Å². The van der Waals surface area contributed by atoms with Gasteiger partial charge < -0.3 is 14.8 Å². The Hall–Kier alpha value is -0.880. The monoisotopic (exact) mass is 369 g/mol. The quantitative estimate of drug-likeness (QED) is 0.709. The highest BCUT2D eigenvalue weighted by atomic mass is 79.9. The van der Waals surface area contributed by atoms with Gasteiger partial charge in [0, 0.05) is 40.5 Å². The van der Waals surface area contributed by atoms with E-state index >= 15 is 0 Å². The van der Waals surface area contributed by atoms with Crippen LogP contribution in [0.25, 0.3) is 0 Å². The number of methoxy groups -OCH3 is 1. The molecule has 2 aromatic rings. The maximum absolute atomic E-state index is 6.04. The smallest absolute Gasteiger partial charge is 0.127 e. The van der Waals surface area contributed by atoms with Gasteiger partial charge in [-0.25, -0.2) is 0 Å². The van der Waals surface area contributed by atoms with Crippen LogP contribution in [0, 0.1) is 6.92 Å². The SMILES string of the molecule is COCCNCc1cccc(C)c1OCc1cc(Br)cs1. The highest BCUT2D eigenvalue weighted by Crippen LogP contribution is 2.26. The lowest BCUT2D eigenvalue weighted by Crippen LogP contribution is -2.19. The molecule has 1 N–H and O–H groups in total. The molecule has 1 aromatic heterocycles. The molecule has 1 aromatic carbocycles. The number of para-hydroxylation sites is 1. The van der Waals surface area contributed by atoms with Crippen LogP contribution in [-0.4, -0.2) is 20.3 Å². The van der Waals surface area contributed by atoms with E-state index in [2.05, 4.69) is 57.8 Å². The molecule has 3 nitrogen and oxygen atoms in total. The molecule has 0 aliphatic rings. The molecule has 2 rings (SSSR count). The predicted molar refractivity (Wildman–Crippen MR) is 91.1 cm³/mol. The molecule has 0 saturated carbocycles. The van der Waals surface area contributed by atoms with Crippen molar-refractivity contribution in [3.05, 3.63) is 50.1 Å². The van der Waals surface area contributed by atoms with Crippen molar-refractivity contribution in [2.24, 2.45) is 0 Å². The predicted octanol–water partition coefficient (Wildman–Crippen LogP) is 4.13. The van der Waals surface area contributed by atoms with Gasteiger partial charge in [0.05, 0.1) is 6.61 Å². The normalized spacial score (nSPS) is 10.8. The largest absolute Gasteiger partial charge is 0.487 e. The van der Waals surface area contributed by atoms with Gasteiger partial charge in [-0.05, 0) is 34.5 Å². The Kier molecular flexibility index (Phi) is 6.70. The summed E-state index contributed by atoms with van der Waals surface area (Å²) in [6, 6.07) is 8.35. The van der Waals surface area contributed by atoms with Crippen LogP contribution < -0.4 is 10.1 Å². The van der Waals surface area contributed by atoms with Gasteiger partial charge in [-0.1, -0.05) is 18.2 Å². The second-order valence-corrected chi connectivity index (χ2v) is 6.66. The first kappa shape index (κ1) is 16.5. The third-order valence-corrected chi connectivity index (χ3v) is 4.74. The number of ether oxygens (including phenoxy) is 2. The van der Waals surface area contributed by atoms with E-state index in [1.807, 2.05) is 0 Å². The summed E-state index contributed by atoms with van der Waals surface area (Å²) < 4.78 is 12.2. The summed E-state index contributed by atoms with van der Waals surface area (Å²) in [4.78, 5) is 1.21. The molecule has 0 bridgehead atoms. The van der Waals surface area contributed by atoms with Crippen molar-refractivity contribution in [3.63, 3.8) is 0 Å². The van der Waals surface area contributed by atoms with Gasteiger partial charge in [0.1, 0.15) is 12.4 Å². The van der Waals surface area contributed by atoms with Crippen LogP contribution >= 0.6 is 27.3 Å². The van der Waals surface area contributed by atoms with Gasteiger partial charge in [0.15, 0.2) is 0 Å². The fraction of sp³-hybridized carbons (Fsp3) is 0.375. The second kappa shape index (κ2) is 8.54. The third-order valence-electron chi connectivity index (χ3n) is 3.07. The van der Waals surface area contributed by atoms with E-state index in [0.717, 1.165) is 28.9 Å². The van der Waals surface area contributed by atoms with Crippen LogP contribution in [0.1, 0.15) is 16.0 Å². The molecule has 0 saturated heterocycles. The van der Waals surface area contributed by atoms with Crippen LogP contribution in [0.5, 0.6) is 5.75 Å². The van der Waals surface area contributed by atoms with Gasteiger partial charge in [-0.2, -0.15) is 0 Å². The van der Waals surface area contributed by atoms with Gasteiger partial charge in [0.25, 0.3) is 0 Å². The molecule has 114 valence electrons. The van der Waals surface area contributed by atoms with E-state index in [0.29, 0.717) is 13.2 Å². The van der Waals surface area contributed by atoms with Crippen LogP contribution in [0.15, 0.2) is 34.1 Å². The Labute approximate surface area is 138 Å². The van der Waals surface area contributed by atoms with E-state index in [1.165, 1.54) is 10.4 Å². The summed E-state index contributed by atoms with van der Waals surface area (Å²) in [6.45, 7) is 5.02. The fourth-order valence-corrected chi connectivity index (χ4v) is 3.39. The summed E-state index contributed by atoms with van der Waals surface area (Å²) in [5.41, 5.74) is 2.35. The summed E-state index contributed by atoms with van der Waals surface area (Å²) in [5.74, 6) is 0.979. The summed E-state index contributed by atoms with van der Waals surface area (Å²) >= 11 is 5.17. The van der Waals surface area contributed by atoms with E-state index in [9.17, 15) is 0 Å². The van der Waals surface area contributed by atoms with Crippen molar-refractivity contribution in [3.8, 4) is 5.75 Å². The number of rotatable bonds is 8. The Morgan fingerprint density at radius 3 is 2.90 bits per heavy atom. The molecular weight excluding hydrogens is 350 g/mol.